The van der Waals surface area contributed by atoms with Gasteiger partial charge in [-0.05, 0) is 60.7 Å². The van der Waals surface area contributed by atoms with Crippen molar-refractivity contribution < 1.29 is 28.9 Å². The number of hydrogen-bond acceptors (Lipinski definition) is 10. The molecule has 208 valence electrons. The minimum atomic E-state index is 0.0399. The number of para-hydroxylation sites is 2. The molecule has 11 heteroatoms. The van der Waals surface area contributed by atoms with Crippen LogP contribution in [0.4, 0.5) is 0 Å². The largest absolute Gasteiger partial charge is 0.504 e. The molecule has 0 amide bonds. The van der Waals surface area contributed by atoms with Gasteiger partial charge < -0.3 is 19.3 Å². The normalized spacial score (nSPS) is 10.1. The second-order valence-corrected chi connectivity index (χ2v) is 10.7. The molecule has 0 aliphatic rings. The zero-order valence-corrected chi connectivity index (χ0v) is 24.2. The number of thiazole rings is 2. The smallest absolute Gasteiger partial charge is 0.279 e. The summed E-state index contributed by atoms with van der Waals surface area (Å²) in [4.78, 5) is 29.5. The number of rotatable bonds is 6. The maximum Gasteiger partial charge on any atom is 0.279 e. The Bertz CT molecular complexity index is 1720. The standard InChI is InChI=1S/C15H11NO3S.C8H8O3.C7H4ClNS/c1-18-13-8-10(9-17)6-7-12(13)19-15-16-11-4-2-3-5-14(11)20-15;1-11-8-4-6(5-9)2-3-7(8)10;8-7-9-5-3-1-2-4-6(5)10-7/h2-9H,1H3;2-5,10H,1H3;1-4H. The molecule has 6 aromatic rings. The van der Waals surface area contributed by atoms with Gasteiger partial charge in [-0.25, -0.2) is 9.97 Å². The fourth-order valence-corrected chi connectivity index (χ4v) is 5.30. The van der Waals surface area contributed by atoms with Gasteiger partial charge in [0.15, 0.2) is 27.5 Å². The van der Waals surface area contributed by atoms with Crippen molar-refractivity contribution >= 4 is 67.3 Å². The van der Waals surface area contributed by atoms with Crippen LogP contribution in [-0.4, -0.2) is 41.9 Å². The van der Waals surface area contributed by atoms with Crippen molar-refractivity contribution in [3.63, 3.8) is 0 Å². The number of halogens is 1. The van der Waals surface area contributed by atoms with Gasteiger partial charge in [-0.15, -0.1) is 11.3 Å². The highest BCUT2D eigenvalue weighted by Gasteiger charge is 2.10. The van der Waals surface area contributed by atoms with Gasteiger partial charge in [0.1, 0.15) is 12.6 Å². The van der Waals surface area contributed by atoms with Crippen LogP contribution in [0.2, 0.25) is 4.47 Å². The van der Waals surface area contributed by atoms with Crippen molar-refractivity contribution in [1.29, 1.82) is 0 Å². The third kappa shape index (κ3) is 7.79. The number of nitrogens with zero attached hydrogens (tertiary/aromatic N) is 2. The Balaban J connectivity index is 0.000000156. The Morgan fingerprint density at radius 3 is 1.85 bits per heavy atom. The van der Waals surface area contributed by atoms with Crippen LogP contribution in [-0.2, 0) is 0 Å². The number of aromatic hydroxyl groups is 1. The molecule has 0 spiro atoms. The van der Waals surface area contributed by atoms with Crippen LogP contribution < -0.4 is 14.2 Å². The first-order valence-electron chi connectivity index (χ1n) is 11.9. The molecule has 8 nitrogen and oxygen atoms in total. The number of carbonyl (C=O) groups excluding carboxylic acids is 2. The van der Waals surface area contributed by atoms with E-state index >= 15 is 0 Å². The van der Waals surface area contributed by atoms with E-state index in [0.717, 1.165) is 26.7 Å². The van der Waals surface area contributed by atoms with Gasteiger partial charge in [-0.1, -0.05) is 47.2 Å². The van der Waals surface area contributed by atoms with Crippen LogP contribution in [0.1, 0.15) is 20.7 Å². The second kappa shape index (κ2) is 14.2. The lowest BCUT2D eigenvalue weighted by Gasteiger charge is -2.08. The average molecular weight is 607 g/mol. The highest BCUT2D eigenvalue weighted by molar-refractivity contribution is 7.22. The number of fused-ring (bicyclic) bond motifs is 2. The Kier molecular flexibility index (Phi) is 10.2. The summed E-state index contributed by atoms with van der Waals surface area (Å²) in [7, 11) is 2.97. The summed E-state index contributed by atoms with van der Waals surface area (Å²) in [6.07, 6.45) is 1.46. The highest BCUT2D eigenvalue weighted by atomic mass is 35.5. The number of phenolic OH excluding ortho intramolecular Hbond substituents is 1. The van der Waals surface area contributed by atoms with Crippen molar-refractivity contribution in [3.05, 3.63) is 101 Å². The molecule has 0 radical (unpaired) electrons. The second-order valence-electron chi connectivity index (χ2n) is 8.06. The maximum absolute atomic E-state index is 10.8. The van der Waals surface area contributed by atoms with Gasteiger partial charge >= 0.3 is 0 Å². The summed E-state index contributed by atoms with van der Waals surface area (Å²) in [6, 6.07) is 25.2. The molecule has 0 bridgehead atoms. The number of aldehydes is 2. The van der Waals surface area contributed by atoms with Crippen molar-refractivity contribution in [2.24, 2.45) is 0 Å². The predicted molar refractivity (Wildman–Crippen MR) is 163 cm³/mol. The molecule has 2 heterocycles. The minimum Gasteiger partial charge on any atom is -0.504 e. The molecule has 1 N–H and O–H groups in total. The van der Waals surface area contributed by atoms with E-state index in [1.165, 1.54) is 55.1 Å². The molecular weight excluding hydrogens is 584 g/mol. The van der Waals surface area contributed by atoms with Gasteiger partial charge in [0.05, 0.1) is 34.7 Å². The number of phenols is 1. The SMILES string of the molecule is COc1cc(C=O)ccc1O.COc1cc(C=O)ccc1Oc1nc2ccccc2s1.Clc1nc2ccccc2s1. The van der Waals surface area contributed by atoms with Crippen molar-refractivity contribution in [2.45, 2.75) is 0 Å². The number of hydrogen-bond donors (Lipinski definition) is 1. The van der Waals surface area contributed by atoms with E-state index < -0.39 is 0 Å². The summed E-state index contributed by atoms with van der Waals surface area (Å²) in [5, 5.41) is 9.63. The molecular formula is C30H23ClN2O6S2. The summed E-state index contributed by atoms with van der Waals surface area (Å²) in [5.74, 6) is 1.40. The summed E-state index contributed by atoms with van der Waals surface area (Å²) in [6.45, 7) is 0. The first-order chi connectivity index (χ1) is 19.9. The fourth-order valence-electron chi connectivity index (χ4n) is 3.44. The minimum absolute atomic E-state index is 0.0399. The van der Waals surface area contributed by atoms with E-state index in [1.54, 1.807) is 18.2 Å². The third-order valence-electron chi connectivity index (χ3n) is 5.40. The molecule has 0 unspecified atom stereocenters. The zero-order valence-electron chi connectivity index (χ0n) is 21.8. The summed E-state index contributed by atoms with van der Waals surface area (Å²) < 4.78 is 18.6. The van der Waals surface area contributed by atoms with Crippen molar-refractivity contribution in [2.75, 3.05) is 14.2 Å². The number of ether oxygens (including phenoxy) is 3. The van der Waals surface area contributed by atoms with Crippen LogP contribution in [0.25, 0.3) is 20.4 Å². The predicted octanol–water partition coefficient (Wildman–Crippen LogP) is 8.07. The van der Waals surface area contributed by atoms with E-state index in [-0.39, 0.29) is 5.75 Å². The summed E-state index contributed by atoms with van der Waals surface area (Å²) >= 11 is 8.66. The van der Waals surface area contributed by atoms with E-state index in [0.29, 0.717) is 44.3 Å². The Morgan fingerprint density at radius 2 is 1.27 bits per heavy atom. The van der Waals surface area contributed by atoms with E-state index in [1.807, 2.05) is 48.5 Å². The molecule has 2 aromatic heterocycles. The van der Waals surface area contributed by atoms with Crippen LogP contribution in [0, 0.1) is 0 Å². The van der Waals surface area contributed by atoms with Gasteiger partial charge in [0.25, 0.3) is 5.19 Å². The van der Waals surface area contributed by atoms with Gasteiger partial charge in [0.2, 0.25) is 0 Å². The molecule has 0 saturated carbocycles. The van der Waals surface area contributed by atoms with Crippen LogP contribution in [0.5, 0.6) is 28.2 Å². The maximum atomic E-state index is 10.8. The Hall–Kier alpha value is -4.51. The fraction of sp³-hybridized carbons (Fsp3) is 0.0667. The van der Waals surface area contributed by atoms with E-state index in [9.17, 15) is 9.59 Å². The van der Waals surface area contributed by atoms with E-state index in [2.05, 4.69) is 9.97 Å². The number of aromatic nitrogens is 2. The molecule has 0 fully saturated rings. The number of benzene rings is 4. The van der Waals surface area contributed by atoms with Crippen LogP contribution in [0.3, 0.4) is 0 Å². The molecule has 0 saturated heterocycles. The first-order valence-corrected chi connectivity index (χ1v) is 13.9. The topological polar surface area (TPSA) is 108 Å². The lowest BCUT2D eigenvalue weighted by Crippen LogP contribution is -1.91. The third-order valence-corrected chi connectivity index (χ3v) is 7.46. The van der Waals surface area contributed by atoms with E-state index in [4.69, 9.17) is 30.9 Å². The van der Waals surface area contributed by atoms with Gasteiger partial charge in [0, 0.05) is 11.1 Å². The van der Waals surface area contributed by atoms with Crippen molar-refractivity contribution in [3.8, 4) is 28.2 Å². The number of carbonyl (C=O) groups is 2. The quantitative estimate of drug-likeness (QED) is 0.190. The zero-order chi connectivity index (χ0) is 29.2. The van der Waals surface area contributed by atoms with Crippen LogP contribution >= 0.6 is 34.3 Å². The molecule has 6 rings (SSSR count). The highest BCUT2D eigenvalue weighted by Crippen LogP contribution is 2.36. The number of methoxy groups -OCH3 is 2. The monoisotopic (exact) mass is 606 g/mol. The molecule has 41 heavy (non-hydrogen) atoms. The summed E-state index contributed by atoms with van der Waals surface area (Å²) in [5.41, 5.74) is 2.91. The molecule has 0 aliphatic heterocycles. The lowest BCUT2D eigenvalue weighted by molar-refractivity contribution is 0.111. The van der Waals surface area contributed by atoms with Gasteiger partial charge in [-0.2, -0.15) is 0 Å². The molecule has 0 aliphatic carbocycles. The Morgan fingerprint density at radius 1 is 0.707 bits per heavy atom. The van der Waals surface area contributed by atoms with Gasteiger partial charge in [-0.3, -0.25) is 9.59 Å². The first kappa shape index (κ1) is 29.5. The molecule has 0 atom stereocenters. The molecule has 4 aromatic carbocycles. The lowest BCUT2D eigenvalue weighted by atomic mass is 10.2. The Labute approximate surface area is 248 Å². The average Bonchev–Trinajstić information content (AvgIpc) is 3.60. The van der Waals surface area contributed by atoms with Crippen LogP contribution in [0.15, 0.2) is 84.9 Å². The van der Waals surface area contributed by atoms with Crippen molar-refractivity contribution in [1.82, 2.24) is 9.97 Å².